The highest BCUT2D eigenvalue weighted by molar-refractivity contribution is 5.29. The van der Waals surface area contributed by atoms with E-state index in [0.29, 0.717) is 23.9 Å². The molecule has 3 atom stereocenters. The molecule has 0 aliphatic heterocycles. The van der Waals surface area contributed by atoms with Gasteiger partial charge in [0.2, 0.25) is 0 Å². The monoisotopic (exact) mass is 876 g/mol. The summed E-state index contributed by atoms with van der Waals surface area (Å²) in [5.41, 5.74) is 0.351. The van der Waals surface area contributed by atoms with E-state index in [-0.39, 0.29) is 85.2 Å². The summed E-state index contributed by atoms with van der Waals surface area (Å²) in [7, 11) is 0. The molecule has 0 aromatic heterocycles. The number of ether oxygens (including phenoxy) is 1. The van der Waals surface area contributed by atoms with Crippen LogP contribution in [0, 0.1) is 12.7 Å². The molecule has 0 spiro atoms. The Balaban J connectivity index is -0.00000144. The zero-order valence-corrected chi connectivity index (χ0v) is 31.6. The molecule has 0 heterocycles. The van der Waals surface area contributed by atoms with E-state index in [1.165, 1.54) is 0 Å². The molecule has 0 saturated heterocycles. The first-order valence-corrected chi connectivity index (χ1v) is 13.8. The zero-order valence-electron chi connectivity index (χ0n) is 25.1. The van der Waals surface area contributed by atoms with Crippen LogP contribution in [0.5, 0.6) is 5.75 Å². The van der Waals surface area contributed by atoms with Crippen LogP contribution in [0.4, 0.5) is 4.39 Å². The number of hydrogen-bond donors (Lipinski definition) is 0. The summed E-state index contributed by atoms with van der Waals surface area (Å²) in [6, 6.07) is 6.67. The van der Waals surface area contributed by atoms with Crippen molar-refractivity contribution in [3.05, 3.63) is 29.6 Å². The molecule has 0 aliphatic carbocycles. The van der Waals surface area contributed by atoms with Crippen molar-refractivity contribution in [3.63, 3.8) is 0 Å². The third kappa shape index (κ3) is 14.3. The maximum absolute atomic E-state index is 15.1. The van der Waals surface area contributed by atoms with E-state index in [0.717, 1.165) is 64.1 Å². The van der Waals surface area contributed by atoms with E-state index in [4.69, 9.17) is 4.74 Å². The molecule has 1 aromatic carbocycles. The van der Waals surface area contributed by atoms with E-state index >= 15 is 4.39 Å². The molecule has 8 heteroatoms. The lowest BCUT2D eigenvalue weighted by atomic mass is 9.96. The Morgan fingerprint density at radius 2 is 1.05 bits per heavy atom. The highest BCUT2D eigenvalue weighted by Gasteiger charge is 2.40. The van der Waals surface area contributed by atoms with Crippen LogP contribution >= 0.6 is 0 Å². The summed E-state index contributed by atoms with van der Waals surface area (Å²) >= 11 is 0. The summed E-state index contributed by atoms with van der Waals surface area (Å²) in [5, 5.41) is 0. The minimum Gasteiger partial charge on any atom is -1.00 e. The second-order valence-corrected chi connectivity index (χ2v) is 10.2. The summed E-state index contributed by atoms with van der Waals surface area (Å²) in [5.74, 6) is 0.0976. The molecule has 0 aliphatic rings. The van der Waals surface area contributed by atoms with Gasteiger partial charge in [0, 0.05) is 37.8 Å². The summed E-state index contributed by atoms with van der Waals surface area (Å²) in [6.45, 7) is 27.3. The van der Waals surface area contributed by atoms with Crippen LogP contribution in [-0.4, -0.2) is 77.7 Å². The second-order valence-electron chi connectivity index (χ2n) is 10.2. The van der Waals surface area contributed by atoms with E-state index in [1.54, 1.807) is 6.07 Å². The van der Waals surface area contributed by atoms with Gasteiger partial charge in [-0.1, -0.05) is 55.0 Å². The Morgan fingerprint density at radius 3 is 1.32 bits per heavy atom. The standard InChI is InChI=1S/C29H54FN3O.CH4.3HI/c1-11-24(8)31(14-4)20-29(21-32(15-5)25(9)12-2,22-33(16-6)26(10)13-3)34-28-18-17-23(7)19-27(28)30;;;;/h17-19,24-26H,11-16,20-22H2,1-10H3;1H4;3*1H/p-3. The highest BCUT2D eigenvalue weighted by atomic mass is 127. The lowest BCUT2D eigenvalue weighted by molar-refractivity contribution is -0.0475. The van der Waals surface area contributed by atoms with Gasteiger partial charge in [-0.2, -0.15) is 0 Å². The average molecular weight is 877 g/mol. The Hall–Kier alpha value is 1.02. The Bertz CT molecular complexity index is 663. The van der Waals surface area contributed by atoms with Gasteiger partial charge in [0.25, 0.3) is 0 Å². The maximum Gasteiger partial charge on any atom is 0.165 e. The van der Waals surface area contributed by atoms with Crippen molar-refractivity contribution in [2.75, 3.05) is 39.3 Å². The van der Waals surface area contributed by atoms with Crippen molar-refractivity contribution in [1.82, 2.24) is 14.7 Å². The van der Waals surface area contributed by atoms with E-state index < -0.39 is 5.60 Å². The van der Waals surface area contributed by atoms with Crippen LogP contribution in [-0.2, 0) is 0 Å². The SMILES string of the molecule is C.CCC(C)N(CC)CC(CN(CC)C(C)CC)(CN(CC)C(C)CC)Oc1ccc(C)cc1F.[I-].[I-].[I-]. The summed E-state index contributed by atoms with van der Waals surface area (Å²) in [4.78, 5) is 7.54. The van der Waals surface area contributed by atoms with Gasteiger partial charge < -0.3 is 76.7 Å². The third-order valence-electron chi connectivity index (χ3n) is 7.75. The number of rotatable bonds is 17. The minimum atomic E-state index is -0.561. The van der Waals surface area contributed by atoms with Crippen LogP contribution in [0.1, 0.15) is 94.6 Å². The summed E-state index contributed by atoms with van der Waals surface area (Å²) < 4.78 is 22.0. The molecule has 3 unspecified atom stereocenters. The van der Waals surface area contributed by atoms with Gasteiger partial charge in [-0.15, -0.1) is 0 Å². The molecule has 0 radical (unpaired) electrons. The predicted molar refractivity (Wildman–Crippen MR) is 152 cm³/mol. The first-order valence-electron chi connectivity index (χ1n) is 13.8. The first-order chi connectivity index (χ1) is 16.1. The van der Waals surface area contributed by atoms with Crippen LogP contribution in [0.2, 0.25) is 0 Å². The van der Waals surface area contributed by atoms with Crippen LogP contribution < -0.4 is 76.7 Å². The quantitative estimate of drug-likeness (QED) is 0.174. The number of likely N-dealkylation sites (N-methyl/N-ethyl adjacent to an activating group) is 3. The normalized spacial score (nSPS) is 14.9. The number of nitrogens with zero attached hydrogens (tertiary/aromatic N) is 3. The number of halogens is 4. The molecule has 38 heavy (non-hydrogen) atoms. The topological polar surface area (TPSA) is 19.0 Å². The van der Waals surface area contributed by atoms with E-state index in [9.17, 15) is 0 Å². The first kappa shape index (κ1) is 46.0. The second kappa shape index (κ2) is 23.6. The largest absolute Gasteiger partial charge is 1.00 e. The molecule has 0 fully saturated rings. The molecule has 0 saturated carbocycles. The van der Waals surface area contributed by atoms with Crippen LogP contribution in [0.3, 0.4) is 0 Å². The molecule has 1 rings (SSSR count). The van der Waals surface area contributed by atoms with Crippen molar-refractivity contribution in [3.8, 4) is 5.75 Å². The lowest BCUT2D eigenvalue weighted by Gasteiger charge is -2.47. The molecule has 0 N–H and O–H groups in total. The molecule has 4 nitrogen and oxygen atoms in total. The minimum absolute atomic E-state index is 0. The van der Waals surface area contributed by atoms with Gasteiger partial charge in [0.15, 0.2) is 11.6 Å². The number of hydrogen-bond acceptors (Lipinski definition) is 4. The fourth-order valence-corrected chi connectivity index (χ4v) is 4.79. The van der Waals surface area contributed by atoms with Crippen molar-refractivity contribution < 1.29 is 81.1 Å². The van der Waals surface area contributed by atoms with Gasteiger partial charge in [0.1, 0.15) is 5.60 Å². The Morgan fingerprint density at radius 1 is 0.711 bits per heavy atom. The van der Waals surface area contributed by atoms with Crippen molar-refractivity contribution >= 4 is 0 Å². The molecule has 1 aromatic rings. The van der Waals surface area contributed by atoms with Gasteiger partial charge >= 0.3 is 0 Å². The van der Waals surface area contributed by atoms with E-state index in [1.807, 2.05) is 19.1 Å². The zero-order chi connectivity index (χ0) is 25.9. The molecule has 0 bridgehead atoms. The molecular weight excluding hydrogens is 818 g/mol. The van der Waals surface area contributed by atoms with Gasteiger partial charge in [-0.25, -0.2) is 4.39 Å². The third-order valence-corrected chi connectivity index (χ3v) is 7.75. The highest BCUT2D eigenvalue weighted by Crippen LogP contribution is 2.28. The number of aryl methyl sites for hydroxylation is 1. The summed E-state index contributed by atoms with van der Waals surface area (Å²) in [6.07, 6.45) is 3.23. The molecule has 230 valence electrons. The van der Waals surface area contributed by atoms with Crippen molar-refractivity contribution in [1.29, 1.82) is 0 Å². The maximum atomic E-state index is 15.1. The molecule has 0 amide bonds. The predicted octanol–water partition coefficient (Wildman–Crippen LogP) is -1.74. The van der Waals surface area contributed by atoms with Crippen LogP contribution in [0.25, 0.3) is 0 Å². The number of benzene rings is 1. The van der Waals surface area contributed by atoms with Crippen molar-refractivity contribution in [2.45, 2.75) is 120 Å². The Kier molecular flexibility index (Phi) is 28.5. The van der Waals surface area contributed by atoms with Gasteiger partial charge in [-0.3, -0.25) is 14.7 Å². The van der Waals surface area contributed by atoms with Gasteiger partial charge in [0.05, 0.1) is 0 Å². The average Bonchev–Trinajstić information content (AvgIpc) is 2.84. The fraction of sp³-hybridized carbons (Fsp3) is 0.800. The lowest BCUT2D eigenvalue weighted by Crippen LogP contribution is -3.00. The van der Waals surface area contributed by atoms with E-state index in [2.05, 4.69) is 77.0 Å². The smallest absolute Gasteiger partial charge is 0.165 e. The van der Waals surface area contributed by atoms with Crippen LogP contribution in [0.15, 0.2) is 18.2 Å². The fourth-order valence-electron chi connectivity index (χ4n) is 4.79. The molecular formula is C30H58FI3N3O-3. The van der Waals surface area contributed by atoms with Gasteiger partial charge in [-0.05, 0) is 84.3 Å². The Labute approximate surface area is 287 Å². The van der Waals surface area contributed by atoms with Crippen molar-refractivity contribution in [2.24, 2.45) is 0 Å².